The van der Waals surface area contributed by atoms with Crippen LogP contribution in [0.25, 0.3) is 0 Å². The summed E-state index contributed by atoms with van der Waals surface area (Å²) in [5, 5.41) is 12.8. The molecule has 1 aromatic rings. The van der Waals surface area contributed by atoms with Gasteiger partial charge in [-0.25, -0.2) is 0 Å². The minimum atomic E-state index is 0.0472. The lowest BCUT2D eigenvalue weighted by Crippen LogP contribution is -2.63. The highest BCUT2D eigenvalue weighted by atomic mass is 15.6. The average Bonchev–Trinajstić information content (AvgIpc) is 2.61. The van der Waals surface area contributed by atoms with Gasteiger partial charge in [-0.2, -0.15) is 4.80 Å². The van der Waals surface area contributed by atoms with Gasteiger partial charge >= 0.3 is 0 Å². The third-order valence-electron chi connectivity index (χ3n) is 5.01. The van der Waals surface area contributed by atoms with Crippen molar-refractivity contribution in [1.29, 1.82) is 0 Å². The van der Waals surface area contributed by atoms with Crippen molar-refractivity contribution in [2.24, 2.45) is 17.6 Å². The third-order valence-corrected chi connectivity index (χ3v) is 5.01. The zero-order valence-electron chi connectivity index (χ0n) is 10.3. The van der Waals surface area contributed by atoms with Crippen molar-refractivity contribution >= 4 is 0 Å². The van der Waals surface area contributed by atoms with Crippen LogP contribution in [0.4, 0.5) is 0 Å². The fourth-order valence-electron chi connectivity index (χ4n) is 5.00. The van der Waals surface area contributed by atoms with E-state index < -0.39 is 0 Å². The number of rotatable bonds is 1. The van der Waals surface area contributed by atoms with Gasteiger partial charge in [0.25, 0.3) is 0 Å². The van der Waals surface area contributed by atoms with Gasteiger partial charge < -0.3 is 5.73 Å². The summed E-state index contributed by atoms with van der Waals surface area (Å²) in [6.07, 6.45) is 7.24. The Morgan fingerprint density at radius 3 is 2.47 bits per heavy atom. The number of hydrogen-bond donors (Lipinski definition) is 1. The SMILES string of the molecule is Cc1nnn(C23C[C@@H]4C[C@H](CC(N)(C4)C2)C3)n1. The second kappa shape index (κ2) is 2.88. The summed E-state index contributed by atoms with van der Waals surface area (Å²) in [7, 11) is 0. The number of tetrazole rings is 1. The van der Waals surface area contributed by atoms with Gasteiger partial charge in [-0.05, 0) is 62.5 Å². The minimum absolute atomic E-state index is 0.0472. The Kier molecular flexibility index (Phi) is 1.70. The van der Waals surface area contributed by atoms with Gasteiger partial charge in [0, 0.05) is 5.54 Å². The normalized spacial score (nSPS) is 47.6. The Bertz CT molecular complexity index is 451. The molecule has 0 unspecified atom stereocenters. The average molecular weight is 233 g/mol. The molecule has 0 saturated heterocycles. The predicted molar refractivity (Wildman–Crippen MR) is 62.1 cm³/mol. The second-order valence-electron chi connectivity index (χ2n) is 6.67. The topological polar surface area (TPSA) is 69.6 Å². The first kappa shape index (κ1) is 10.00. The molecule has 0 aromatic carbocycles. The molecule has 4 fully saturated rings. The molecule has 4 aliphatic carbocycles. The van der Waals surface area contributed by atoms with Crippen LogP contribution in [-0.2, 0) is 5.54 Å². The van der Waals surface area contributed by atoms with Crippen LogP contribution < -0.4 is 5.73 Å². The zero-order chi connectivity index (χ0) is 11.7. The molecule has 1 heterocycles. The molecule has 2 N–H and O–H groups in total. The molecule has 4 aliphatic rings. The molecule has 2 atom stereocenters. The van der Waals surface area contributed by atoms with Crippen LogP contribution in [0.5, 0.6) is 0 Å². The van der Waals surface area contributed by atoms with Crippen molar-refractivity contribution in [2.45, 2.75) is 56.5 Å². The summed E-state index contributed by atoms with van der Waals surface area (Å²) in [4.78, 5) is 1.89. The quantitative estimate of drug-likeness (QED) is 0.785. The van der Waals surface area contributed by atoms with Crippen LogP contribution in [0, 0.1) is 18.8 Å². The lowest BCUT2D eigenvalue weighted by Gasteiger charge is -2.59. The number of aryl methyl sites for hydroxylation is 1. The molecular weight excluding hydrogens is 214 g/mol. The molecule has 5 heteroatoms. The number of hydrogen-bond acceptors (Lipinski definition) is 4. The molecule has 1 aromatic heterocycles. The maximum atomic E-state index is 6.56. The molecule has 5 rings (SSSR count). The summed E-state index contributed by atoms with van der Waals surface area (Å²) in [5.41, 5.74) is 6.69. The number of aromatic nitrogens is 4. The largest absolute Gasteiger partial charge is 0.325 e. The van der Waals surface area contributed by atoms with Crippen LogP contribution in [0.3, 0.4) is 0 Å². The van der Waals surface area contributed by atoms with E-state index in [1.54, 1.807) is 0 Å². The first-order chi connectivity index (χ1) is 8.07. The van der Waals surface area contributed by atoms with Crippen molar-refractivity contribution < 1.29 is 0 Å². The van der Waals surface area contributed by atoms with E-state index in [0.717, 1.165) is 24.1 Å². The predicted octanol–water partition coefficient (Wildman–Crippen LogP) is 0.988. The molecule has 0 amide bonds. The Balaban J connectivity index is 1.79. The Labute approximate surface area is 101 Å². The summed E-state index contributed by atoms with van der Waals surface area (Å²) >= 11 is 0. The first-order valence-corrected chi connectivity index (χ1v) is 6.63. The van der Waals surface area contributed by atoms with E-state index >= 15 is 0 Å². The molecule has 0 spiro atoms. The molecule has 0 radical (unpaired) electrons. The monoisotopic (exact) mass is 233 g/mol. The number of nitrogens with two attached hydrogens (primary N) is 1. The molecule has 0 aliphatic heterocycles. The van der Waals surface area contributed by atoms with Gasteiger partial charge in [0.2, 0.25) is 0 Å². The van der Waals surface area contributed by atoms with Crippen LogP contribution in [0.1, 0.15) is 44.3 Å². The van der Waals surface area contributed by atoms with Crippen LogP contribution in [-0.4, -0.2) is 25.7 Å². The van der Waals surface area contributed by atoms with E-state index in [4.69, 9.17) is 5.73 Å². The van der Waals surface area contributed by atoms with E-state index in [1.807, 2.05) is 11.7 Å². The fourth-order valence-corrected chi connectivity index (χ4v) is 5.00. The minimum Gasteiger partial charge on any atom is -0.325 e. The van der Waals surface area contributed by atoms with Gasteiger partial charge in [-0.3, -0.25) is 0 Å². The molecule has 5 nitrogen and oxygen atoms in total. The molecule has 4 saturated carbocycles. The molecule has 17 heavy (non-hydrogen) atoms. The highest BCUT2D eigenvalue weighted by Crippen LogP contribution is 2.59. The first-order valence-electron chi connectivity index (χ1n) is 6.63. The lowest BCUT2D eigenvalue weighted by molar-refractivity contribution is -0.0709. The van der Waals surface area contributed by atoms with Crippen molar-refractivity contribution in [3.63, 3.8) is 0 Å². The van der Waals surface area contributed by atoms with Gasteiger partial charge in [-0.1, -0.05) is 0 Å². The lowest BCUT2D eigenvalue weighted by atomic mass is 9.50. The molecule has 4 bridgehead atoms. The zero-order valence-corrected chi connectivity index (χ0v) is 10.3. The Morgan fingerprint density at radius 2 is 1.94 bits per heavy atom. The highest BCUT2D eigenvalue weighted by molar-refractivity contribution is 5.11. The van der Waals surface area contributed by atoms with Crippen molar-refractivity contribution in [3.05, 3.63) is 5.82 Å². The number of nitrogens with zero attached hydrogens (tertiary/aromatic N) is 4. The van der Waals surface area contributed by atoms with Gasteiger partial charge in [0.15, 0.2) is 5.82 Å². The van der Waals surface area contributed by atoms with E-state index in [1.165, 1.54) is 32.1 Å². The van der Waals surface area contributed by atoms with E-state index in [-0.39, 0.29) is 11.1 Å². The summed E-state index contributed by atoms with van der Waals surface area (Å²) < 4.78 is 0. The third kappa shape index (κ3) is 1.32. The van der Waals surface area contributed by atoms with E-state index in [9.17, 15) is 0 Å². The van der Waals surface area contributed by atoms with E-state index in [2.05, 4.69) is 15.4 Å². The van der Waals surface area contributed by atoms with Crippen LogP contribution in [0.2, 0.25) is 0 Å². The van der Waals surface area contributed by atoms with Crippen molar-refractivity contribution in [1.82, 2.24) is 20.2 Å². The Hall–Kier alpha value is -0.970. The van der Waals surface area contributed by atoms with E-state index in [0.29, 0.717) is 0 Å². The summed E-state index contributed by atoms with van der Waals surface area (Å²) in [5.74, 6) is 2.34. The van der Waals surface area contributed by atoms with Gasteiger partial charge in [0.05, 0.1) is 5.54 Å². The summed E-state index contributed by atoms with van der Waals surface area (Å²) in [6, 6.07) is 0. The summed E-state index contributed by atoms with van der Waals surface area (Å²) in [6.45, 7) is 1.90. The smallest absolute Gasteiger partial charge is 0.171 e. The standard InChI is InChI=1S/C12H19N5/c1-8-14-16-17(15-8)12-5-9-2-10(6-12)4-11(13,3-9)7-12/h9-10H,2-7,13H2,1H3/t9-,10-,11?,12?/m1/s1. The highest BCUT2D eigenvalue weighted by Gasteiger charge is 2.58. The molecule has 92 valence electrons. The van der Waals surface area contributed by atoms with Crippen molar-refractivity contribution in [2.75, 3.05) is 0 Å². The van der Waals surface area contributed by atoms with Crippen molar-refractivity contribution in [3.8, 4) is 0 Å². The maximum absolute atomic E-state index is 6.56. The second-order valence-corrected chi connectivity index (χ2v) is 6.67. The maximum Gasteiger partial charge on any atom is 0.171 e. The fraction of sp³-hybridized carbons (Fsp3) is 0.917. The van der Waals surface area contributed by atoms with Crippen LogP contribution in [0.15, 0.2) is 0 Å². The Morgan fingerprint density at radius 1 is 1.24 bits per heavy atom. The molecular formula is C12H19N5. The van der Waals surface area contributed by atoms with Crippen LogP contribution >= 0.6 is 0 Å². The van der Waals surface area contributed by atoms with Gasteiger partial charge in [-0.15, -0.1) is 10.2 Å². The van der Waals surface area contributed by atoms with Gasteiger partial charge in [0.1, 0.15) is 0 Å².